The van der Waals surface area contributed by atoms with Crippen LogP contribution in [0.3, 0.4) is 0 Å². The van der Waals surface area contributed by atoms with Crippen LogP contribution in [0.15, 0.2) is 42.5 Å². The van der Waals surface area contributed by atoms with Crippen LogP contribution in [0.4, 0.5) is 0 Å². The second-order valence-electron chi connectivity index (χ2n) is 4.64. The lowest BCUT2D eigenvalue weighted by molar-refractivity contribution is 0.0471. The number of ether oxygens (including phenoxy) is 1. The van der Waals surface area contributed by atoms with Crippen molar-refractivity contribution in [3.05, 3.63) is 70.3 Å². The van der Waals surface area contributed by atoms with E-state index in [9.17, 15) is 4.79 Å². The molecule has 0 N–H and O–H groups in total. The van der Waals surface area contributed by atoms with E-state index >= 15 is 0 Å². The number of carbonyl (C=O) groups excluding carboxylic acids is 1. The molecule has 3 nitrogen and oxygen atoms in total. The summed E-state index contributed by atoms with van der Waals surface area (Å²) in [5, 5.41) is 8.83. The summed E-state index contributed by atoms with van der Waals surface area (Å²) < 4.78 is 5.30. The number of hydrogen-bond acceptors (Lipinski definition) is 3. The molecule has 0 unspecified atom stereocenters. The molecule has 0 saturated heterocycles. The summed E-state index contributed by atoms with van der Waals surface area (Å²) in [5.74, 6) is -0.339. The van der Waals surface area contributed by atoms with Crippen LogP contribution >= 0.6 is 0 Å². The van der Waals surface area contributed by atoms with Gasteiger partial charge in [0.25, 0.3) is 0 Å². The minimum absolute atomic E-state index is 0.168. The Hall–Kier alpha value is -2.60. The molecule has 3 heteroatoms. The third-order valence-electron chi connectivity index (χ3n) is 3.25. The Morgan fingerprint density at radius 2 is 1.95 bits per heavy atom. The van der Waals surface area contributed by atoms with Crippen molar-refractivity contribution in [2.45, 2.75) is 20.5 Å². The molecule has 0 aliphatic heterocycles. The number of rotatable bonds is 3. The highest BCUT2D eigenvalue weighted by atomic mass is 16.5. The lowest BCUT2D eigenvalue weighted by Gasteiger charge is -2.09. The van der Waals surface area contributed by atoms with E-state index < -0.39 is 0 Å². The van der Waals surface area contributed by atoms with Crippen LogP contribution in [0.2, 0.25) is 0 Å². The van der Waals surface area contributed by atoms with E-state index in [1.54, 1.807) is 24.3 Å². The fraction of sp³-hybridized carbons (Fsp3) is 0.176. The Labute approximate surface area is 118 Å². The van der Waals surface area contributed by atoms with Crippen LogP contribution < -0.4 is 0 Å². The van der Waals surface area contributed by atoms with E-state index in [2.05, 4.69) is 6.07 Å². The van der Waals surface area contributed by atoms with Gasteiger partial charge in [0.15, 0.2) is 0 Å². The van der Waals surface area contributed by atoms with E-state index in [1.807, 2.05) is 32.0 Å². The zero-order valence-corrected chi connectivity index (χ0v) is 11.5. The second-order valence-corrected chi connectivity index (χ2v) is 4.64. The number of esters is 1. The van der Waals surface area contributed by atoms with Crippen molar-refractivity contribution in [3.63, 3.8) is 0 Å². The Bertz CT molecular complexity index is 684. The van der Waals surface area contributed by atoms with Crippen LogP contribution in [-0.4, -0.2) is 5.97 Å². The van der Waals surface area contributed by atoms with Crippen molar-refractivity contribution in [2.24, 2.45) is 0 Å². The van der Waals surface area contributed by atoms with Crippen LogP contribution in [0, 0.1) is 25.2 Å². The Morgan fingerprint density at radius 3 is 2.70 bits per heavy atom. The normalized spacial score (nSPS) is 9.85. The van der Waals surface area contributed by atoms with Crippen LogP contribution in [-0.2, 0) is 11.3 Å². The lowest BCUT2D eigenvalue weighted by Crippen LogP contribution is -2.08. The number of nitrogens with zero attached hydrogens (tertiary/aromatic N) is 1. The largest absolute Gasteiger partial charge is 0.457 e. The molecule has 0 heterocycles. The van der Waals surface area contributed by atoms with E-state index in [0.717, 1.165) is 16.7 Å². The number of hydrogen-bond donors (Lipinski definition) is 0. The molecule has 20 heavy (non-hydrogen) atoms. The Morgan fingerprint density at radius 1 is 1.20 bits per heavy atom. The SMILES string of the molecule is Cc1cccc(C(=O)OCc2cccc(C#N)c2)c1C. The summed E-state index contributed by atoms with van der Waals surface area (Å²) in [4.78, 5) is 12.1. The van der Waals surface area contributed by atoms with Crippen molar-refractivity contribution in [1.82, 2.24) is 0 Å². The summed E-state index contributed by atoms with van der Waals surface area (Å²) in [5.41, 5.74) is 3.95. The van der Waals surface area contributed by atoms with Gasteiger partial charge in [0.05, 0.1) is 17.2 Å². The zero-order chi connectivity index (χ0) is 14.5. The van der Waals surface area contributed by atoms with Gasteiger partial charge in [-0.3, -0.25) is 0 Å². The van der Waals surface area contributed by atoms with E-state index in [4.69, 9.17) is 10.00 Å². The highest BCUT2D eigenvalue weighted by molar-refractivity contribution is 5.91. The molecule has 0 atom stereocenters. The van der Waals surface area contributed by atoms with E-state index in [1.165, 1.54) is 0 Å². The topological polar surface area (TPSA) is 50.1 Å². The molecule has 0 amide bonds. The van der Waals surface area contributed by atoms with Crippen LogP contribution in [0.5, 0.6) is 0 Å². The molecule has 0 spiro atoms. The van der Waals surface area contributed by atoms with Crippen molar-refractivity contribution >= 4 is 5.97 Å². The molecular weight excluding hydrogens is 250 g/mol. The Kier molecular flexibility index (Phi) is 4.17. The lowest BCUT2D eigenvalue weighted by atomic mass is 10.0. The molecule has 2 aromatic carbocycles. The van der Waals surface area contributed by atoms with Gasteiger partial charge in [-0.15, -0.1) is 0 Å². The van der Waals surface area contributed by atoms with Gasteiger partial charge in [-0.1, -0.05) is 24.3 Å². The molecule has 2 aromatic rings. The molecule has 0 radical (unpaired) electrons. The van der Waals surface area contributed by atoms with Crippen molar-refractivity contribution in [1.29, 1.82) is 5.26 Å². The average Bonchev–Trinajstić information content (AvgIpc) is 2.48. The molecular formula is C17H15NO2. The standard InChI is InChI=1S/C17H15NO2/c1-12-5-3-8-16(13(12)2)17(19)20-11-15-7-4-6-14(9-15)10-18/h3-9H,11H2,1-2H3. The number of carbonyl (C=O) groups is 1. The molecule has 0 aliphatic carbocycles. The molecule has 0 bridgehead atoms. The van der Waals surface area contributed by atoms with E-state index in [0.29, 0.717) is 11.1 Å². The first-order valence-corrected chi connectivity index (χ1v) is 6.34. The summed E-state index contributed by atoms with van der Waals surface area (Å²) in [7, 11) is 0. The predicted molar refractivity (Wildman–Crippen MR) is 76.2 cm³/mol. The second kappa shape index (κ2) is 6.03. The first kappa shape index (κ1) is 13.8. The molecule has 0 saturated carbocycles. The number of nitriles is 1. The van der Waals surface area contributed by atoms with Gasteiger partial charge in [-0.05, 0) is 48.7 Å². The van der Waals surface area contributed by atoms with Crippen molar-refractivity contribution < 1.29 is 9.53 Å². The van der Waals surface area contributed by atoms with Gasteiger partial charge in [-0.25, -0.2) is 4.79 Å². The minimum atomic E-state index is -0.339. The fourth-order valence-electron chi connectivity index (χ4n) is 1.93. The zero-order valence-electron chi connectivity index (χ0n) is 11.5. The summed E-state index contributed by atoms with van der Waals surface area (Å²) >= 11 is 0. The molecule has 0 aromatic heterocycles. The monoisotopic (exact) mass is 265 g/mol. The van der Waals surface area contributed by atoms with E-state index in [-0.39, 0.29) is 12.6 Å². The van der Waals surface area contributed by atoms with Crippen molar-refractivity contribution in [2.75, 3.05) is 0 Å². The molecule has 100 valence electrons. The minimum Gasteiger partial charge on any atom is -0.457 e. The highest BCUT2D eigenvalue weighted by Crippen LogP contribution is 2.15. The Balaban J connectivity index is 2.09. The predicted octanol–water partition coefficient (Wildman–Crippen LogP) is 3.53. The van der Waals surface area contributed by atoms with Crippen LogP contribution in [0.25, 0.3) is 0 Å². The average molecular weight is 265 g/mol. The highest BCUT2D eigenvalue weighted by Gasteiger charge is 2.11. The number of benzene rings is 2. The maximum Gasteiger partial charge on any atom is 0.338 e. The third-order valence-corrected chi connectivity index (χ3v) is 3.25. The summed E-state index contributed by atoms with van der Waals surface area (Å²) in [6.07, 6.45) is 0. The third kappa shape index (κ3) is 3.04. The maximum absolute atomic E-state index is 12.1. The quantitative estimate of drug-likeness (QED) is 0.798. The van der Waals surface area contributed by atoms with Gasteiger partial charge < -0.3 is 4.74 Å². The van der Waals surface area contributed by atoms with Gasteiger partial charge in [0.1, 0.15) is 6.61 Å². The maximum atomic E-state index is 12.1. The van der Waals surface area contributed by atoms with Gasteiger partial charge in [-0.2, -0.15) is 5.26 Å². The number of aryl methyl sites for hydroxylation is 1. The molecule has 2 rings (SSSR count). The molecule has 0 fully saturated rings. The van der Waals surface area contributed by atoms with Gasteiger partial charge in [0.2, 0.25) is 0 Å². The molecule has 0 aliphatic rings. The summed E-state index contributed by atoms with van der Waals surface area (Å²) in [6.45, 7) is 4.03. The smallest absolute Gasteiger partial charge is 0.338 e. The van der Waals surface area contributed by atoms with Crippen molar-refractivity contribution in [3.8, 4) is 6.07 Å². The first-order valence-electron chi connectivity index (χ1n) is 6.34. The van der Waals surface area contributed by atoms with Gasteiger partial charge in [0, 0.05) is 0 Å². The van der Waals surface area contributed by atoms with Gasteiger partial charge >= 0.3 is 5.97 Å². The first-order chi connectivity index (χ1) is 9.61. The fourth-order valence-corrected chi connectivity index (χ4v) is 1.93. The van der Waals surface area contributed by atoms with Crippen LogP contribution in [0.1, 0.15) is 32.6 Å². The summed E-state index contributed by atoms with van der Waals surface area (Å²) in [6, 6.07) is 14.7.